The molecule has 3 nitrogen and oxygen atoms in total. The van der Waals surface area contributed by atoms with E-state index in [2.05, 4.69) is 9.36 Å². The minimum absolute atomic E-state index is 0.171. The molecule has 7 heavy (non-hydrogen) atoms. The summed E-state index contributed by atoms with van der Waals surface area (Å²) in [5.41, 5.74) is 5.17. The van der Waals surface area contributed by atoms with Crippen molar-refractivity contribution < 1.29 is 4.11 Å². The van der Waals surface area contributed by atoms with Gasteiger partial charge in [-0.15, -0.1) is 0 Å². The molecule has 4 heteroatoms. The number of hydrogen-bond donors (Lipinski definition) is 1. The Morgan fingerprint density at radius 1 is 2.00 bits per heavy atom. The minimum atomic E-state index is -2.23. The fraction of sp³-hybridized carbons (Fsp3) is 0.333. The van der Waals surface area contributed by atoms with Crippen LogP contribution in [0, 0.1) is 6.85 Å². The number of nitrogens with two attached hydrogens (primary N) is 1. The third-order valence-corrected chi connectivity index (χ3v) is 0.984. The van der Waals surface area contributed by atoms with Crippen molar-refractivity contribution >= 4 is 16.7 Å². The van der Waals surface area contributed by atoms with Gasteiger partial charge in [-0.25, -0.2) is 4.98 Å². The van der Waals surface area contributed by atoms with Crippen LogP contribution in [0.15, 0.2) is 0 Å². The fourth-order valence-electron chi connectivity index (χ4n) is 0.235. The Hall–Kier alpha value is -0.640. The smallest absolute Gasteiger partial charge is 0.199 e. The first-order valence-electron chi connectivity index (χ1n) is 3.10. The van der Waals surface area contributed by atoms with Gasteiger partial charge < -0.3 is 5.73 Å². The van der Waals surface area contributed by atoms with Gasteiger partial charge in [-0.2, -0.15) is 4.37 Å². The number of nitrogens with zero attached hydrogens (tertiary/aromatic N) is 2. The zero-order valence-corrected chi connectivity index (χ0v) is 4.20. The molecule has 0 saturated carbocycles. The summed E-state index contributed by atoms with van der Waals surface area (Å²) in [5, 5.41) is 0.186. The predicted octanol–water partition coefficient (Wildman–Crippen LogP) is 0.429. The van der Waals surface area contributed by atoms with E-state index in [0.717, 1.165) is 11.5 Å². The summed E-state index contributed by atoms with van der Waals surface area (Å²) in [6.45, 7) is -2.23. The molecule has 1 heterocycles. The normalized spacial score (nSPS) is 17.4. The first-order valence-corrected chi connectivity index (χ1v) is 2.37. The van der Waals surface area contributed by atoms with E-state index < -0.39 is 6.85 Å². The Balaban J connectivity index is 2.96. The monoisotopic (exact) mass is 118 g/mol. The topological polar surface area (TPSA) is 51.8 Å². The third kappa shape index (κ3) is 0.866. The van der Waals surface area contributed by atoms with Crippen molar-refractivity contribution in [3.05, 3.63) is 5.82 Å². The van der Waals surface area contributed by atoms with Crippen LogP contribution in [0.1, 0.15) is 9.94 Å². The van der Waals surface area contributed by atoms with Crippen molar-refractivity contribution in [3.63, 3.8) is 0 Å². The SMILES string of the molecule is [2H]C([2H])([2H])c1nsc(N)n1. The van der Waals surface area contributed by atoms with Gasteiger partial charge in [0.25, 0.3) is 0 Å². The van der Waals surface area contributed by atoms with E-state index in [-0.39, 0.29) is 11.0 Å². The van der Waals surface area contributed by atoms with Crippen molar-refractivity contribution in [1.29, 1.82) is 0 Å². The van der Waals surface area contributed by atoms with Crippen molar-refractivity contribution in [2.45, 2.75) is 6.85 Å². The Morgan fingerprint density at radius 2 is 2.86 bits per heavy atom. The van der Waals surface area contributed by atoms with E-state index in [0.29, 0.717) is 0 Å². The number of hydrogen-bond acceptors (Lipinski definition) is 4. The molecule has 0 aliphatic rings. The quantitative estimate of drug-likeness (QED) is 0.537. The van der Waals surface area contributed by atoms with Gasteiger partial charge in [-0.05, 0) is 6.85 Å². The lowest BCUT2D eigenvalue weighted by atomic mass is 10.8. The number of aryl methyl sites for hydroxylation is 1. The Kier molecular flexibility index (Phi) is 0.434. The molecule has 0 radical (unpaired) electrons. The minimum Gasteiger partial charge on any atom is -0.374 e. The van der Waals surface area contributed by atoms with Crippen LogP contribution in [0.25, 0.3) is 0 Å². The molecule has 38 valence electrons. The van der Waals surface area contributed by atoms with Gasteiger partial charge in [-0.1, -0.05) is 0 Å². The zero-order valence-electron chi connectivity index (χ0n) is 6.38. The standard InChI is InChI=1S/C3H5N3S/c1-2-5-3(4)7-6-2/h1H3,(H2,4,5,6)/i1D3. The van der Waals surface area contributed by atoms with Crippen LogP contribution in [0.4, 0.5) is 5.13 Å². The molecule has 0 aromatic carbocycles. The Morgan fingerprint density at radius 3 is 3.14 bits per heavy atom. The molecule has 0 unspecified atom stereocenters. The molecule has 0 bridgehead atoms. The first kappa shape index (κ1) is 2.09. The summed E-state index contributed by atoms with van der Waals surface area (Å²) in [6.07, 6.45) is 0. The van der Waals surface area contributed by atoms with Crippen LogP contribution < -0.4 is 5.73 Å². The van der Waals surface area contributed by atoms with Gasteiger partial charge >= 0.3 is 0 Å². The maximum Gasteiger partial charge on any atom is 0.199 e. The molecule has 1 rings (SSSR count). The molecule has 0 fully saturated rings. The van der Waals surface area contributed by atoms with Crippen LogP contribution in [-0.4, -0.2) is 9.36 Å². The average molecular weight is 118 g/mol. The second kappa shape index (κ2) is 1.46. The molecular formula is C3H5N3S. The highest BCUT2D eigenvalue weighted by atomic mass is 32.1. The summed E-state index contributed by atoms with van der Waals surface area (Å²) in [5.74, 6) is -0.171. The molecule has 0 aliphatic heterocycles. The van der Waals surface area contributed by atoms with E-state index in [1.54, 1.807) is 0 Å². The zero-order chi connectivity index (χ0) is 7.78. The van der Waals surface area contributed by atoms with Crippen LogP contribution in [0.5, 0.6) is 0 Å². The van der Waals surface area contributed by atoms with E-state index in [1.807, 2.05) is 0 Å². The van der Waals surface area contributed by atoms with E-state index in [4.69, 9.17) is 9.85 Å². The average Bonchev–Trinajstić information content (AvgIpc) is 2.11. The van der Waals surface area contributed by atoms with Gasteiger partial charge in [0.2, 0.25) is 0 Å². The molecule has 0 spiro atoms. The van der Waals surface area contributed by atoms with Crippen molar-refractivity contribution in [2.24, 2.45) is 0 Å². The number of aromatic nitrogens is 2. The second-order valence-corrected chi connectivity index (χ2v) is 1.74. The number of rotatable bonds is 0. The maximum atomic E-state index is 6.85. The summed E-state index contributed by atoms with van der Waals surface area (Å²) in [4.78, 5) is 3.50. The second-order valence-electron chi connectivity index (χ2n) is 0.956. The number of anilines is 1. The fourth-order valence-corrected chi connectivity index (χ4v) is 0.583. The first-order chi connectivity index (χ1) is 4.50. The van der Waals surface area contributed by atoms with Crippen LogP contribution in [0.2, 0.25) is 0 Å². The molecule has 0 saturated heterocycles. The molecule has 0 atom stereocenters. The van der Waals surface area contributed by atoms with Crippen LogP contribution >= 0.6 is 11.5 Å². The van der Waals surface area contributed by atoms with Gasteiger partial charge in [0.05, 0.1) is 0 Å². The van der Waals surface area contributed by atoms with Crippen LogP contribution in [0.3, 0.4) is 0 Å². The summed E-state index contributed by atoms with van der Waals surface area (Å²) in [7, 11) is 0. The lowest BCUT2D eigenvalue weighted by Crippen LogP contribution is -1.80. The highest BCUT2D eigenvalue weighted by Gasteiger charge is 1.88. The number of nitrogen functional groups attached to an aromatic ring is 1. The highest BCUT2D eigenvalue weighted by molar-refractivity contribution is 7.09. The Labute approximate surface area is 49.6 Å². The van der Waals surface area contributed by atoms with Gasteiger partial charge in [0.15, 0.2) is 5.13 Å². The van der Waals surface area contributed by atoms with Gasteiger partial charge in [-0.3, -0.25) is 0 Å². The molecule has 0 aliphatic carbocycles. The molecular weight excluding hydrogens is 110 g/mol. The summed E-state index contributed by atoms with van der Waals surface area (Å²) in [6, 6.07) is 0. The summed E-state index contributed by atoms with van der Waals surface area (Å²) >= 11 is 0.888. The van der Waals surface area contributed by atoms with Crippen molar-refractivity contribution in [2.75, 3.05) is 5.73 Å². The van der Waals surface area contributed by atoms with Gasteiger partial charge in [0, 0.05) is 15.6 Å². The van der Waals surface area contributed by atoms with E-state index in [1.165, 1.54) is 0 Å². The molecule has 2 N–H and O–H groups in total. The highest BCUT2D eigenvalue weighted by Crippen LogP contribution is 2.02. The Bertz CT molecular complexity index is 229. The molecule has 1 aromatic rings. The van der Waals surface area contributed by atoms with E-state index >= 15 is 0 Å². The van der Waals surface area contributed by atoms with Gasteiger partial charge in [0.1, 0.15) is 5.82 Å². The largest absolute Gasteiger partial charge is 0.374 e. The van der Waals surface area contributed by atoms with Crippen molar-refractivity contribution in [3.8, 4) is 0 Å². The third-order valence-electron chi connectivity index (χ3n) is 0.442. The molecule has 1 aromatic heterocycles. The molecule has 0 amide bonds. The van der Waals surface area contributed by atoms with E-state index in [9.17, 15) is 0 Å². The maximum absolute atomic E-state index is 6.85. The van der Waals surface area contributed by atoms with Crippen molar-refractivity contribution in [1.82, 2.24) is 9.36 Å². The lowest BCUT2D eigenvalue weighted by Gasteiger charge is -1.68. The predicted molar refractivity (Wildman–Crippen MR) is 29.1 cm³/mol. The summed E-state index contributed by atoms with van der Waals surface area (Å²) < 4.78 is 24.1. The lowest BCUT2D eigenvalue weighted by molar-refractivity contribution is 1.17. The van der Waals surface area contributed by atoms with Crippen LogP contribution in [-0.2, 0) is 0 Å².